The Morgan fingerprint density at radius 3 is 2.65 bits per heavy atom. The summed E-state index contributed by atoms with van der Waals surface area (Å²) in [6.45, 7) is 5.44. The van der Waals surface area contributed by atoms with E-state index in [1.165, 1.54) is 18.9 Å². The average Bonchev–Trinajstić information content (AvgIpc) is 3.22. The molecule has 2 unspecified atom stereocenters. The van der Waals surface area contributed by atoms with Gasteiger partial charge in [-0.3, -0.25) is 0 Å². The van der Waals surface area contributed by atoms with Crippen LogP contribution < -0.4 is 10.6 Å². The summed E-state index contributed by atoms with van der Waals surface area (Å²) >= 11 is 0. The first-order chi connectivity index (χ1) is 9.56. The summed E-state index contributed by atoms with van der Waals surface area (Å²) in [5, 5.41) is 0. The number of rotatable bonds is 7. The fourth-order valence-corrected chi connectivity index (χ4v) is 2.79. The van der Waals surface area contributed by atoms with Gasteiger partial charge in [0.2, 0.25) is 0 Å². The standard InChI is InChI=1S/C16H25FN2O/c1-11(18)16-14(17)5-4-6-15(16)19(9-10-20-3)12(2)13-7-8-13/h4-6,11-13H,7-10,18H2,1-3H3. The first kappa shape index (κ1) is 15.3. The molecule has 0 amide bonds. The van der Waals surface area contributed by atoms with Gasteiger partial charge in [-0.05, 0) is 44.7 Å². The molecule has 2 N–H and O–H groups in total. The van der Waals surface area contributed by atoms with Crippen molar-refractivity contribution in [2.75, 3.05) is 25.2 Å². The van der Waals surface area contributed by atoms with Gasteiger partial charge in [-0.25, -0.2) is 4.39 Å². The van der Waals surface area contributed by atoms with Gasteiger partial charge in [-0.15, -0.1) is 0 Å². The minimum absolute atomic E-state index is 0.220. The third-order valence-electron chi connectivity index (χ3n) is 4.13. The van der Waals surface area contributed by atoms with Crippen LogP contribution in [-0.2, 0) is 4.74 Å². The van der Waals surface area contributed by atoms with Crippen LogP contribution in [0.15, 0.2) is 18.2 Å². The monoisotopic (exact) mass is 280 g/mol. The molecule has 0 heterocycles. The number of halogens is 1. The molecule has 1 aromatic carbocycles. The lowest BCUT2D eigenvalue weighted by atomic mass is 10.0. The van der Waals surface area contributed by atoms with Crippen molar-refractivity contribution in [3.8, 4) is 0 Å². The molecule has 1 aliphatic carbocycles. The Labute approximate surface area is 120 Å². The summed E-state index contributed by atoms with van der Waals surface area (Å²) < 4.78 is 19.3. The first-order valence-corrected chi connectivity index (χ1v) is 7.35. The summed E-state index contributed by atoms with van der Waals surface area (Å²) in [5.74, 6) is 0.485. The van der Waals surface area contributed by atoms with Crippen molar-refractivity contribution < 1.29 is 9.13 Å². The molecule has 0 radical (unpaired) electrons. The average molecular weight is 280 g/mol. The highest BCUT2D eigenvalue weighted by Gasteiger charge is 2.33. The normalized spacial score (nSPS) is 17.9. The maximum atomic E-state index is 14.1. The van der Waals surface area contributed by atoms with Crippen LogP contribution in [0.3, 0.4) is 0 Å². The fourth-order valence-electron chi connectivity index (χ4n) is 2.79. The summed E-state index contributed by atoms with van der Waals surface area (Å²) in [5.41, 5.74) is 7.50. The molecule has 0 saturated heterocycles. The second kappa shape index (κ2) is 6.55. The molecule has 2 rings (SSSR count). The smallest absolute Gasteiger partial charge is 0.130 e. The number of hydrogen-bond donors (Lipinski definition) is 1. The second-order valence-electron chi connectivity index (χ2n) is 5.73. The van der Waals surface area contributed by atoms with Gasteiger partial charge in [0.25, 0.3) is 0 Å². The van der Waals surface area contributed by atoms with Gasteiger partial charge in [-0.2, -0.15) is 0 Å². The maximum Gasteiger partial charge on any atom is 0.130 e. The van der Waals surface area contributed by atoms with Gasteiger partial charge < -0.3 is 15.4 Å². The van der Waals surface area contributed by atoms with Crippen molar-refractivity contribution in [2.45, 2.75) is 38.8 Å². The lowest BCUT2D eigenvalue weighted by Gasteiger charge is -2.34. The number of nitrogens with two attached hydrogens (primary N) is 1. The minimum Gasteiger partial charge on any atom is -0.383 e. The number of hydrogen-bond acceptors (Lipinski definition) is 3. The zero-order valence-electron chi connectivity index (χ0n) is 12.6. The zero-order valence-corrected chi connectivity index (χ0v) is 12.6. The number of anilines is 1. The Kier molecular flexibility index (Phi) is 5.00. The third kappa shape index (κ3) is 3.30. The van der Waals surface area contributed by atoms with E-state index in [4.69, 9.17) is 10.5 Å². The quantitative estimate of drug-likeness (QED) is 0.834. The maximum absolute atomic E-state index is 14.1. The Bertz CT molecular complexity index is 446. The summed E-state index contributed by atoms with van der Waals surface area (Å²) in [6, 6.07) is 5.29. The van der Waals surface area contributed by atoms with E-state index in [1.54, 1.807) is 13.2 Å². The first-order valence-electron chi connectivity index (χ1n) is 7.35. The van der Waals surface area contributed by atoms with Crippen LogP contribution >= 0.6 is 0 Å². The lowest BCUT2D eigenvalue weighted by molar-refractivity contribution is 0.202. The second-order valence-corrected chi connectivity index (χ2v) is 5.73. The Morgan fingerprint density at radius 2 is 2.10 bits per heavy atom. The van der Waals surface area contributed by atoms with Crippen LogP contribution in [0.2, 0.25) is 0 Å². The van der Waals surface area contributed by atoms with Crippen LogP contribution in [-0.4, -0.2) is 26.3 Å². The molecule has 112 valence electrons. The molecular formula is C16H25FN2O. The van der Waals surface area contributed by atoms with E-state index < -0.39 is 0 Å². The van der Waals surface area contributed by atoms with Crippen molar-refractivity contribution in [3.05, 3.63) is 29.6 Å². The third-order valence-corrected chi connectivity index (χ3v) is 4.13. The molecule has 4 heteroatoms. The molecule has 0 spiro atoms. The predicted octanol–water partition coefficient (Wildman–Crippen LogP) is 3.10. The highest BCUT2D eigenvalue weighted by atomic mass is 19.1. The van der Waals surface area contributed by atoms with Crippen molar-refractivity contribution >= 4 is 5.69 Å². The van der Waals surface area contributed by atoms with Crippen LogP contribution in [0, 0.1) is 11.7 Å². The van der Waals surface area contributed by atoms with E-state index in [-0.39, 0.29) is 11.9 Å². The van der Waals surface area contributed by atoms with Gasteiger partial charge in [-0.1, -0.05) is 6.07 Å². The van der Waals surface area contributed by atoms with Gasteiger partial charge in [0, 0.05) is 37.0 Å². The largest absolute Gasteiger partial charge is 0.383 e. The van der Waals surface area contributed by atoms with E-state index in [0.29, 0.717) is 24.1 Å². The lowest BCUT2D eigenvalue weighted by Crippen LogP contribution is -2.38. The van der Waals surface area contributed by atoms with Crippen LogP contribution in [0.1, 0.15) is 38.3 Å². The number of methoxy groups -OCH3 is 1. The van der Waals surface area contributed by atoms with E-state index in [2.05, 4.69) is 11.8 Å². The number of benzene rings is 1. The van der Waals surface area contributed by atoms with Crippen LogP contribution in [0.4, 0.5) is 10.1 Å². The SMILES string of the molecule is COCCN(c1cccc(F)c1C(C)N)C(C)C1CC1. The molecule has 1 aliphatic rings. The van der Waals surface area contributed by atoms with Gasteiger partial charge in [0.15, 0.2) is 0 Å². The topological polar surface area (TPSA) is 38.5 Å². The van der Waals surface area contributed by atoms with Gasteiger partial charge in [0.05, 0.1) is 6.61 Å². The van der Waals surface area contributed by atoms with Crippen LogP contribution in [0.5, 0.6) is 0 Å². The Balaban J connectivity index is 2.34. The summed E-state index contributed by atoms with van der Waals surface area (Å²) in [6.07, 6.45) is 2.51. The van der Waals surface area contributed by atoms with E-state index in [9.17, 15) is 4.39 Å². The van der Waals surface area contributed by atoms with Crippen molar-refractivity contribution in [3.63, 3.8) is 0 Å². The molecular weight excluding hydrogens is 255 g/mol. The number of ether oxygens (including phenoxy) is 1. The molecule has 0 aliphatic heterocycles. The molecule has 2 atom stereocenters. The molecule has 1 saturated carbocycles. The van der Waals surface area contributed by atoms with E-state index >= 15 is 0 Å². The fraction of sp³-hybridized carbons (Fsp3) is 0.625. The van der Waals surface area contributed by atoms with Crippen molar-refractivity contribution in [1.82, 2.24) is 0 Å². The molecule has 3 nitrogen and oxygen atoms in total. The predicted molar refractivity (Wildman–Crippen MR) is 80.4 cm³/mol. The Morgan fingerprint density at radius 1 is 1.40 bits per heavy atom. The molecule has 20 heavy (non-hydrogen) atoms. The molecule has 1 fully saturated rings. The zero-order chi connectivity index (χ0) is 14.7. The van der Waals surface area contributed by atoms with Crippen molar-refractivity contribution in [2.24, 2.45) is 11.7 Å². The van der Waals surface area contributed by atoms with E-state index in [0.717, 1.165) is 12.2 Å². The van der Waals surface area contributed by atoms with Crippen molar-refractivity contribution in [1.29, 1.82) is 0 Å². The van der Waals surface area contributed by atoms with Gasteiger partial charge >= 0.3 is 0 Å². The molecule has 0 aromatic heterocycles. The molecule has 0 bridgehead atoms. The van der Waals surface area contributed by atoms with E-state index in [1.807, 2.05) is 13.0 Å². The highest BCUT2D eigenvalue weighted by molar-refractivity contribution is 5.56. The summed E-state index contributed by atoms with van der Waals surface area (Å²) in [4.78, 5) is 2.25. The molecule has 1 aromatic rings. The van der Waals surface area contributed by atoms with Crippen LogP contribution in [0.25, 0.3) is 0 Å². The minimum atomic E-state index is -0.317. The number of nitrogens with zero attached hydrogens (tertiary/aromatic N) is 1. The summed E-state index contributed by atoms with van der Waals surface area (Å²) in [7, 11) is 1.69. The highest BCUT2D eigenvalue weighted by Crippen LogP contribution is 2.38. The Hall–Kier alpha value is -1.13. The van der Waals surface area contributed by atoms with Gasteiger partial charge in [0.1, 0.15) is 5.82 Å².